The van der Waals surface area contributed by atoms with Gasteiger partial charge in [0.05, 0.1) is 19.1 Å². The number of hydrazone groups is 1. The summed E-state index contributed by atoms with van der Waals surface area (Å²) in [5.74, 6) is 0.869. The van der Waals surface area contributed by atoms with Gasteiger partial charge < -0.3 is 9.84 Å². The van der Waals surface area contributed by atoms with E-state index in [1.165, 1.54) is 31.2 Å². The minimum atomic E-state index is -0.294. The maximum atomic E-state index is 12.3. The molecule has 0 radical (unpaired) electrons. The van der Waals surface area contributed by atoms with Crippen molar-refractivity contribution < 1.29 is 14.6 Å². The highest BCUT2D eigenvalue weighted by Crippen LogP contribution is 2.28. The van der Waals surface area contributed by atoms with Crippen molar-refractivity contribution in [2.75, 3.05) is 12.9 Å². The Morgan fingerprint density at radius 1 is 1.09 bits per heavy atom. The van der Waals surface area contributed by atoms with Crippen molar-refractivity contribution in [3.8, 4) is 28.6 Å². The highest BCUT2D eigenvalue weighted by atomic mass is 32.2. The average Bonchev–Trinajstić information content (AvgIpc) is 3.28. The molecule has 0 saturated carbocycles. The van der Waals surface area contributed by atoms with Crippen LogP contribution in [-0.2, 0) is 4.79 Å². The van der Waals surface area contributed by atoms with E-state index >= 15 is 0 Å². The van der Waals surface area contributed by atoms with E-state index in [0.717, 1.165) is 11.3 Å². The molecule has 1 amide bonds. The number of aromatic hydroxyl groups is 1. The van der Waals surface area contributed by atoms with Gasteiger partial charge >= 0.3 is 0 Å². The van der Waals surface area contributed by atoms with Crippen molar-refractivity contribution in [1.29, 1.82) is 0 Å². The Balaban J connectivity index is 1.45. The van der Waals surface area contributed by atoms with E-state index in [2.05, 4.69) is 20.7 Å². The Bertz CT molecular complexity index is 1260. The SMILES string of the molecule is COc1ccc(C=NNC(=O)CSc2nnc(-c3ccccc3)n2-c2ccccc2)cc1O. The second-order valence-corrected chi connectivity index (χ2v) is 7.80. The molecule has 33 heavy (non-hydrogen) atoms. The Morgan fingerprint density at radius 3 is 2.52 bits per heavy atom. The first-order valence-electron chi connectivity index (χ1n) is 10.0. The summed E-state index contributed by atoms with van der Waals surface area (Å²) in [6, 6.07) is 24.4. The number of phenols is 1. The van der Waals surface area contributed by atoms with Crippen LogP contribution in [-0.4, -0.2) is 44.9 Å². The third-order valence-corrected chi connectivity index (χ3v) is 5.55. The molecular formula is C24H21N5O3S. The van der Waals surface area contributed by atoms with Crippen molar-refractivity contribution in [2.45, 2.75) is 5.16 Å². The molecular weight excluding hydrogens is 438 g/mol. The summed E-state index contributed by atoms with van der Waals surface area (Å²) in [4.78, 5) is 12.3. The fourth-order valence-electron chi connectivity index (χ4n) is 3.08. The van der Waals surface area contributed by atoms with E-state index in [-0.39, 0.29) is 17.4 Å². The number of thioether (sulfide) groups is 1. The van der Waals surface area contributed by atoms with Gasteiger partial charge in [0, 0.05) is 11.3 Å². The molecule has 0 aliphatic carbocycles. The lowest BCUT2D eigenvalue weighted by atomic mass is 10.2. The number of benzene rings is 3. The van der Waals surface area contributed by atoms with Crippen molar-refractivity contribution in [2.24, 2.45) is 5.10 Å². The summed E-state index contributed by atoms with van der Waals surface area (Å²) in [7, 11) is 1.47. The van der Waals surface area contributed by atoms with E-state index < -0.39 is 0 Å². The third-order valence-electron chi connectivity index (χ3n) is 4.62. The maximum Gasteiger partial charge on any atom is 0.250 e. The molecule has 4 rings (SSSR count). The van der Waals surface area contributed by atoms with Crippen molar-refractivity contribution >= 4 is 23.9 Å². The predicted molar refractivity (Wildman–Crippen MR) is 128 cm³/mol. The predicted octanol–water partition coefficient (Wildman–Crippen LogP) is 3.89. The van der Waals surface area contributed by atoms with Crippen LogP contribution in [0.3, 0.4) is 0 Å². The number of hydrogen-bond donors (Lipinski definition) is 2. The maximum absolute atomic E-state index is 12.3. The second kappa shape index (κ2) is 10.5. The fourth-order valence-corrected chi connectivity index (χ4v) is 3.82. The van der Waals surface area contributed by atoms with Gasteiger partial charge in [-0.25, -0.2) is 5.43 Å². The number of nitrogens with zero attached hydrogens (tertiary/aromatic N) is 4. The number of nitrogens with one attached hydrogen (secondary N) is 1. The summed E-state index contributed by atoms with van der Waals surface area (Å²) < 4.78 is 6.94. The van der Waals surface area contributed by atoms with Gasteiger partial charge in [0.15, 0.2) is 22.5 Å². The second-order valence-electron chi connectivity index (χ2n) is 6.86. The highest BCUT2D eigenvalue weighted by molar-refractivity contribution is 7.99. The topological polar surface area (TPSA) is 102 Å². The van der Waals surface area contributed by atoms with E-state index in [9.17, 15) is 9.90 Å². The van der Waals surface area contributed by atoms with E-state index in [1.54, 1.807) is 12.1 Å². The zero-order valence-electron chi connectivity index (χ0n) is 17.8. The van der Waals surface area contributed by atoms with E-state index in [1.807, 2.05) is 65.2 Å². The smallest absolute Gasteiger partial charge is 0.250 e. The molecule has 0 aliphatic rings. The molecule has 0 aliphatic heterocycles. The Labute approximate surface area is 194 Å². The van der Waals surface area contributed by atoms with Gasteiger partial charge in [0.2, 0.25) is 0 Å². The van der Waals surface area contributed by atoms with Crippen LogP contribution in [0.15, 0.2) is 89.1 Å². The van der Waals surface area contributed by atoms with Crippen LogP contribution in [0.1, 0.15) is 5.56 Å². The molecule has 0 unspecified atom stereocenters. The number of aromatic nitrogens is 3. The number of phenolic OH excluding ortho intramolecular Hbond substituents is 1. The number of carbonyl (C=O) groups is 1. The molecule has 0 atom stereocenters. The third kappa shape index (κ3) is 5.39. The molecule has 8 nitrogen and oxygen atoms in total. The van der Waals surface area contributed by atoms with Gasteiger partial charge in [-0.2, -0.15) is 5.10 Å². The summed E-state index contributed by atoms with van der Waals surface area (Å²) in [5, 5.41) is 23.0. The molecule has 4 aromatic rings. The van der Waals surface area contributed by atoms with Gasteiger partial charge in [-0.3, -0.25) is 9.36 Å². The average molecular weight is 460 g/mol. The number of methoxy groups -OCH3 is 1. The van der Waals surface area contributed by atoms with Crippen molar-refractivity contribution in [3.05, 3.63) is 84.4 Å². The van der Waals surface area contributed by atoms with Crippen LogP contribution in [0.4, 0.5) is 0 Å². The lowest BCUT2D eigenvalue weighted by molar-refractivity contribution is -0.118. The van der Waals surface area contributed by atoms with Gasteiger partial charge in [0.25, 0.3) is 5.91 Å². The van der Waals surface area contributed by atoms with Crippen LogP contribution in [0.2, 0.25) is 0 Å². The zero-order valence-corrected chi connectivity index (χ0v) is 18.6. The van der Waals surface area contributed by atoms with Gasteiger partial charge in [-0.15, -0.1) is 10.2 Å². The molecule has 2 N–H and O–H groups in total. The monoisotopic (exact) mass is 459 g/mol. The Kier molecular flexibility index (Phi) is 7.01. The molecule has 3 aromatic carbocycles. The Hall–Kier alpha value is -4.11. The highest BCUT2D eigenvalue weighted by Gasteiger charge is 2.17. The largest absolute Gasteiger partial charge is 0.504 e. The molecule has 0 fully saturated rings. The lowest BCUT2D eigenvalue weighted by Gasteiger charge is -2.10. The van der Waals surface area contributed by atoms with Crippen LogP contribution < -0.4 is 10.2 Å². The standard InChI is InChI=1S/C24H21N5O3S/c1-32-21-13-12-17(14-20(21)30)15-25-26-22(31)16-33-24-28-27-23(18-8-4-2-5-9-18)29(24)19-10-6-3-7-11-19/h2-15,30H,16H2,1H3,(H,26,31). The van der Waals surface area contributed by atoms with Crippen LogP contribution in [0.5, 0.6) is 11.5 Å². The number of carbonyl (C=O) groups excluding carboxylic acids is 1. The van der Waals surface area contributed by atoms with Crippen LogP contribution >= 0.6 is 11.8 Å². The first kappa shape index (κ1) is 22.1. The fraction of sp³-hybridized carbons (Fsp3) is 0.0833. The number of ether oxygens (including phenoxy) is 1. The molecule has 0 saturated heterocycles. The number of hydrogen-bond acceptors (Lipinski definition) is 7. The zero-order chi connectivity index (χ0) is 23.0. The molecule has 0 spiro atoms. The normalized spacial score (nSPS) is 10.9. The quantitative estimate of drug-likeness (QED) is 0.235. The lowest BCUT2D eigenvalue weighted by Crippen LogP contribution is -2.20. The Morgan fingerprint density at radius 2 is 1.82 bits per heavy atom. The van der Waals surface area contributed by atoms with E-state index in [0.29, 0.717) is 22.3 Å². The molecule has 166 valence electrons. The molecule has 9 heteroatoms. The van der Waals surface area contributed by atoms with Crippen molar-refractivity contribution in [1.82, 2.24) is 20.2 Å². The minimum absolute atomic E-state index is 0.00204. The number of para-hydroxylation sites is 1. The minimum Gasteiger partial charge on any atom is -0.504 e. The van der Waals surface area contributed by atoms with Crippen LogP contribution in [0, 0.1) is 0 Å². The summed E-state index contributed by atoms with van der Waals surface area (Å²) in [6.45, 7) is 0. The van der Waals surface area contributed by atoms with Crippen LogP contribution in [0.25, 0.3) is 17.1 Å². The molecule has 1 heterocycles. The summed E-state index contributed by atoms with van der Waals surface area (Å²) >= 11 is 1.27. The van der Waals surface area contributed by atoms with Gasteiger partial charge in [0.1, 0.15) is 0 Å². The summed E-state index contributed by atoms with van der Waals surface area (Å²) in [5.41, 5.74) is 4.94. The van der Waals surface area contributed by atoms with E-state index in [4.69, 9.17) is 4.74 Å². The first-order valence-corrected chi connectivity index (χ1v) is 11.0. The number of amides is 1. The number of rotatable bonds is 8. The van der Waals surface area contributed by atoms with Gasteiger partial charge in [-0.05, 0) is 35.9 Å². The molecule has 1 aromatic heterocycles. The first-order chi connectivity index (χ1) is 16.2. The molecule has 0 bridgehead atoms. The summed E-state index contributed by atoms with van der Waals surface area (Å²) in [6.07, 6.45) is 1.45. The van der Waals surface area contributed by atoms with Gasteiger partial charge in [-0.1, -0.05) is 60.3 Å². The van der Waals surface area contributed by atoms with Crippen molar-refractivity contribution in [3.63, 3.8) is 0 Å².